The number of hydrogen-bond donors (Lipinski definition) is 1. The van der Waals surface area contributed by atoms with Gasteiger partial charge in [-0.05, 0) is 69.2 Å². The number of rotatable bonds is 2. The molecule has 33 heavy (non-hydrogen) atoms. The summed E-state index contributed by atoms with van der Waals surface area (Å²) in [5.74, 6) is -2.16. The quantitative estimate of drug-likeness (QED) is 0.428. The zero-order valence-corrected chi connectivity index (χ0v) is 19.3. The summed E-state index contributed by atoms with van der Waals surface area (Å²) < 4.78 is 0. The maximum absolute atomic E-state index is 13.4. The molecule has 4 atom stereocenters. The Bertz CT molecular complexity index is 1220. The van der Waals surface area contributed by atoms with Gasteiger partial charge in [0.15, 0.2) is 11.6 Å². The largest absolute Gasteiger partial charge is 0.507 e. The molecule has 5 rings (SSSR count). The van der Waals surface area contributed by atoms with Crippen LogP contribution in [0.15, 0.2) is 46.6 Å². The number of benzene rings is 1. The Labute approximate surface area is 192 Å². The van der Waals surface area contributed by atoms with Crippen molar-refractivity contribution in [3.8, 4) is 5.75 Å². The molecule has 0 bridgehead atoms. The molecule has 0 spiro atoms. The van der Waals surface area contributed by atoms with Crippen LogP contribution in [0.3, 0.4) is 0 Å². The van der Waals surface area contributed by atoms with Crippen molar-refractivity contribution >= 4 is 23.4 Å². The number of fused-ring (bicyclic) bond motifs is 3. The van der Waals surface area contributed by atoms with Gasteiger partial charge in [0.05, 0.1) is 11.8 Å². The van der Waals surface area contributed by atoms with E-state index in [0.717, 1.165) is 11.1 Å². The molecule has 3 aliphatic carbocycles. The topological polar surface area (TPSA) is 91.8 Å². The molecule has 1 saturated heterocycles. The standard InChI is InChI=1S/C27H27NO5/c1-5-28-26(32)17-7-6-16-18(22(17)27(28)33)11-19-20(29)10-14(4)25(31)23(19)21(16)15-8-12(2)24(30)13(3)9-15/h6,8-10,17-18,21-22,30H,5,7,11H2,1-4H3. The van der Waals surface area contributed by atoms with E-state index in [4.69, 9.17) is 0 Å². The van der Waals surface area contributed by atoms with Gasteiger partial charge in [-0.25, -0.2) is 0 Å². The highest BCUT2D eigenvalue weighted by molar-refractivity contribution is 6.23. The Morgan fingerprint density at radius 1 is 1.00 bits per heavy atom. The van der Waals surface area contributed by atoms with Gasteiger partial charge >= 0.3 is 0 Å². The van der Waals surface area contributed by atoms with E-state index in [1.807, 2.05) is 32.1 Å². The van der Waals surface area contributed by atoms with Crippen LogP contribution < -0.4 is 0 Å². The lowest BCUT2D eigenvalue weighted by molar-refractivity contribution is -0.139. The van der Waals surface area contributed by atoms with Crippen molar-refractivity contribution in [1.29, 1.82) is 0 Å². The van der Waals surface area contributed by atoms with Crippen molar-refractivity contribution in [2.45, 2.75) is 46.5 Å². The number of hydrogen-bond acceptors (Lipinski definition) is 5. The van der Waals surface area contributed by atoms with Crippen molar-refractivity contribution in [2.24, 2.45) is 17.8 Å². The van der Waals surface area contributed by atoms with E-state index in [9.17, 15) is 24.3 Å². The van der Waals surface area contributed by atoms with Crippen LogP contribution in [0, 0.1) is 31.6 Å². The molecular weight excluding hydrogens is 418 g/mol. The summed E-state index contributed by atoms with van der Waals surface area (Å²) in [5.41, 5.74) is 4.49. The summed E-state index contributed by atoms with van der Waals surface area (Å²) in [6.07, 6.45) is 4.15. The molecule has 1 aliphatic heterocycles. The van der Waals surface area contributed by atoms with Gasteiger partial charge in [-0.3, -0.25) is 24.1 Å². The highest BCUT2D eigenvalue weighted by Crippen LogP contribution is 2.55. The Morgan fingerprint density at radius 3 is 2.30 bits per heavy atom. The van der Waals surface area contributed by atoms with E-state index in [2.05, 4.69) is 0 Å². The van der Waals surface area contributed by atoms with Crippen LogP contribution in [0.4, 0.5) is 0 Å². The van der Waals surface area contributed by atoms with Gasteiger partial charge in [0.2, 0.25) is 11.8 Å². The second-order valence-electron chi connectivity index (χ2n) is 9.65. The Morgan fingerprint density at radius 2 is 1.67 bits per heavy atom. The average Bonchev–Trinajstić information content (AvgIpc) is 3.03. The van der Waals surface area contributed by atoms with E-state index in [1.165, 1.54) is 11.0 Å². The van der Waals surface area contributed by atoms with Gasteiger partial charge in [-0.15, -0.1) is 0 Å². The molecule has 1 heterocycles. The molecule has 1 N–H and O–H groups in total. The lowest BCUT2D eigenvalue weighted by Crippen LogP contribution is -2.39. The van der Waals surface area contributed by atoms with Crippen molar-refractivity contribution in [2.75, 3.05) is 6.54 Å². The predicted octanol–water partition coefficient (Wildman–Crippen LogP) is 3.46. The third-order valence-corrected chi connectivity index (χ3v) is 7.82. The second kappa shape index (κ2) is 7.37. The molecule has 4 unspecified atom stereocenters. The number of phenolic OH excluding ortho intramolecular Hbond substituents is 1. The first-order chi connectivity index (χ1) is 15.6. The normalized spacial score (nSPS) is 29.0. The molecule has 6 nitrogen and oxygen atoms in total. The van der Waals surface area contributed by atoms with Crippen LogP contribution in [0.2, 0.25) is 0 Å². The number of nitrogens with zero attached hydrogens (tertiary/aromatic N) is 1. The second-order valence-corrected chi connectivity index (χ2v) is 9.65. The molecule has 1 aromatic rings. The molecule has 6 heteroatoms. The number of aryl methyl sites for hydroxylation is 2. The summed E-state index contributed by atoms with van der Waals surface area (Å²) in [4.78, 5) is 53.9. The molecular formula is C27H27NO5. The number of imide groups is 1. The van der Waals surface area contributed by atoms with Crippen LogP contribution in [-0.4, -0.2) is 39.9 Å². The van der Waals surface area contributed by atoms with Crippen molar-refractivity contribution < 1.29 is 24.3 Å². The number of amides is 2. The van der Waals surface area contributed by atoms with E-state index >= 15 is 0 Å². The van der Waals surface area contributed by atoms with Gasteiger partial charge in [0.25, 0.3) is 0 Å². The number of carbonyl (C=O) groups excluding carboxylic acids is 4. The van der Waals surface area contributed by atoms with Gasteiger partial charge in [0, 0.05) is 29.2 Å². The maximum Gasteiger partial charge on any atom is 0.233 e. The Hall–Kier alpha value is -3.28. The number of carbonyl (C=O) groups is 4. The van der Waals surface area contributed by atoms with Crippen LogP contribution in [0.5, 0.6) is 5.75 Å². The van der Waals surface area contributed by atoms with E-state index in [1.54, 1.807) is 13.8 Å². The molecule has 1 fully saturated rings. The summed E-state index contributed by atoms with van der Waals surface area (Å²) in [5, 5.41) is 10.3. The molecule has 170 valence electrons. The lowest BCUT2D eigenvalue weighted by Gasteiger charge is -2.42. The van der Waals surface area contributed by atoms with Gasteiger partial charge in [0.1, 0.15) is 5.75 Å². The van der Waals surface area contributed by atoms with Crippen LogP contribution in [0.25, 0.3) is 0 Å². The summed E-state index contributed by atoms with van der Waals surface area (Å²) in [7, 11) is 0. The summed E-state index contributed by atoms with van der Waals surface area (Å²) >= 11 is 0. The fourth-order valence-electron chi connectivity index (χ4n) is 6.27. The first kappa shape index (κ1) is 21.6. The smallest absolute Gasteiger partial charge is 0.233 e. The van der Waals surface area contributed by atoms with Crippen LogP contribution >= 0.6 is 0 Å². The molecule has 0 saturated carbocycles. The average molecular weight is 446 g/mol. The molecule has 0 aromatic heterocycles. The van der Waals surface area contributed by atoms with Crippen molar-refractivity contribution in [3.63, 3.8) is 0 Å². The van der Waals surface area contributed by atoms with Crippen molar-refractivity contribution in [1.82, 2.24) is 4.90 Å². The fourth-order valence-corrected chi connectivity index (χ4v) is 6.27. The predicted molar refractivity (Wildman–Crippen MR) is 121 cm³/mol. The number of ketones is 2. The number of allylic oxidation sites excluding steroid dienone is 6. The minimum absolute atomic E-state index is 0.141. The lowest BCUT2D eigenvalue weighted by atomic mass is 9.59. The highest BCUT2D eigenvalue weighted by Gasteiger charge is 2.55. The molecule has 4 aliphatic rings. The van der Waals surface area contributed by atoms with E-state index in [-0.39, 0.29) is 35.0 Å². The summed E-state index contributed by atoms with van der Waals surface area (Å²) in [6, 6.07) is 3.72. The first-order valence-corrected chi connectivity index (χ1v) is 11.5. The van der Waals surface area contributed by atoms with E-state index < -0.39 is 17.8 Å². The SMILES string of the molecule is CCN1C(=O)C2CC=C3C(c4cc(C)c(O)c(C)c4)C4=C(CC3C2C1=O)C(=O)C=C(C)C4=O. The number of aromatic hydroxyl groups is 1. The number of phenols is 1. The highest BCUT2D eigenvalue weighted by atomic mass is 16.3. The van der Waals surface area contributed by atoms with Gasteiger partial charge in [-0.2, -0.15) is 0 Å². The van der Waals surface area contributed by atoms with Crippen LogP contribution in [0.1, 0.15) is 49.3 Å². The van der Waals surface area contributed by atoms with Crippen molar-refractivity contribution in [3.05, 3.63) is 63.3 Å². The van der Waals surface area contributed by atoms with Crippen LogP contribution in [-0.2, 0) is 19.2 Å². The minimum atomic E-state index is -0.511. The Kier molecular flexibility index (Phi) is 4.82. The van der Waals surface area contributed by atoms with E-state index in [0.29, 0.717) is 47.2 Å². The zero-order chi connectivity index (χ0) is 23.8. The van der Waals surface area contributed by atoms with Gasteiger partial charge in [-0.1, -0.05) is 23.8 Å². The van der Waals surface area contributed by atoms with Gasteiger partial charge < -0.3 is 5.11 Å². The Balaban J connectivity index is 1.72. The zero-order valence-electron chi connectivity index (χ0n) is 19.3. The minimum Gasteiger partial charge on any atom is -0.507 e. The molecule has 0 radical (unpaired) electrons. The monoisotopic (exact) mass is 445 g/mol. The molecule has 2 amide bonds. The number of likely N-dealkylation sites (tertiary alicyclic amines) is 1. The molecule has 1 aromatic carbocycles. The number of Topliss-reactive ketones (excluding diaryl/α,β-unsaturated/α-hetero) is 1. The maximum atomic E-state index is 13.4. The third kappa shape index (κ3) is 2.93. The third-order valence-electron chi connectivity index (χ3n) is 7.82. The fraction of sp³-hybridized carbons (Fsp3) is 0.407. The first-order valence-electron chi connectivity index (χ1n) is 11.5. The summed E-state index contributed by atoms with van der Waals surface area (Å²) in [6.45, 7) is 7.41.